The summed E-state index contributed by atoms with van der Waals surface area (Å²) in [4.78, 5) is 0. The molecule has 0 aromatic heterocycles. The maximum atomic E-state index is 11.3. The maximum Gasteiger partial charge on any atom is 0.119 e. The van der Waals surface area contributed by atoms with Crippen LogP contribution in [-0.2, 0) is 17.3 Å². The van der Waals surface area contributed by atoms with Crippen LogP contribution in [0, 0.1) is 0 Å². The predicted molar refractivity (Wildman–Crippen MR) is 85.8 cm³/mol. The Morgan fingerprint density at radius 2 is 1.90 bits per heavy atom. The van der Waals surface area contributed by atoms with Gasteiger partial charge < -0.3 is 10.1 Å². The van der Waals surface area contributed by atoms with Gasteiger partial charge in [0, 0.05) is 35.4 Å². The second-order valence-corrected chi connectivity index (χ2v) is 6.52. The summed E-state index contributed by atoms with van der Waals surface area (Å²) in [5.41, 5.74) is 1.24. The van der Waals surface area contributed by atoms with Crippen molar-refractivity contribution in [1.82, 2.24) is 5.32 Å². The summed E-state index contributed by atoms with van der Waals surface area (Å²) in [5.74, 6) is 2.34. The highest BCUT2D eigenvalue weighted by atomic mass is 32.2. The van der Waals surface area contributed by atoms with Gasteiger partial charge in [-0.25, -0.2) is 0 Å². The minimum Gasteiger partial charge on any atom is -0.497 e. The Bertz CT molecular complexity index is 598. The number of fused-ring (bicyclic) bond motifs is 1. The van der Waals surface area contributed by atoms with Gasteiger partial charge >= 0.3 is 0 Å². The number of hydrogen-bond donors (Lipinski definition) is 1. The number of rotatable bonds is 7. The first kappa shape index (κ1) is 15.0. The van der Waals surface area contributed by atoms with Gasteiger partial charge in [-0.15, -0.1) is 0 Å². The van der Waals surface area contributed by atoms with E-state index < -0.39 is 10.8 Å². The lowest BCUT2D eigenvalue weighted by atomic mass is 10.1. The van der Waals surface area contributed by atoms with E-state index in [9.17, 15) is 4.21 Å². The van der Waals surface area contributed by atoms with Gasteiger partial charge in [-0.1, -0.05) is 25.1 Å². The number of ether oxygens (including phenoxy) is 1. The van der Waals surface area contributed by atoms with Crippen LogP contribution in [0.15, 0.2) is 36.4 Å². The summed E-state index contributed by atoms with van der Waals surface area (Å²) in [5, 5.41) is 5.73. The van der Waals surface area contributed by atoms with Crippen molar-refractivity contribution < 1.29 is 8.95 Å². The molecule has 2 rings (SSSR count). The topological polar surface area (TPSA) is 38.3 Å². The molecule has 0 aliphatic carbocycles. The van der Waals surface area contributed by atoms with Crippen molar-refractivity contribution in [3.05, 3.63) is 42.0 Å². The first-order valence-corrected chi connectivity index (χ1v) is 8.34. The molecule has 1 atom stereocenters. The first-order valence-electron chi connectivity index (χ1n) is 6.85. The van der Waals surface area contributed by atoms with E-state index in [4.69, 9.17) is 4.74 Å². The molecule has 0 spiro atoms. The molecule has 20 heavy (non-hydrogen) atoms. The second-order valence-electron chi connectivity index (χ2n) is 4.66. The van der Waals surface area contributed by atoms with Crippen molar-refractivity contribution in [3.8, 4) is 5.75 Å². The van der Waals surface area contributed by atoms with Crippen LogP contribution in [0.4, 0.5) is 0 Å². The van der Waals surface area contributed by atoms with E-state index in [1.807, 2.05) is 19.1 Å². The Morgan fingerprint density at radius 1 is 1.15 bits per heavy atom. The number of methoxy groups -OCH3 is 1. The van der Waals surface area contributed by atoms with E-state index in [0.29, 0.717) is 0 Å². The lowest BCUT2D eigenvalue weighted by molar-refractivity contribution is 0.415. The third-order valence-corrected chi connectivity index (χ3v) is 4.57. The Morgan fingerprint density at radius 3 is 2.65 bits per heavy atom. The summed E-state index contributed by atoms with van der Waals surface area (Å²) in [6.07, 6.45) is 0. The van der Waals surface area contributed by atoms with Crippen LogP contribution < -0.4 is 10.1 Å². The van der Waals surface area contributed by atoms with Gasteiger partial charge in [0.05, 0.1) is 7.11 Å². The molecule has 0 fully saturated rings. The highest BCUT2D eigenvalue weighted by Gasteiger charge is 2.00. The van der Waals surface area contributed by atoms with Crippen molar-refractivity contribution >= 4 is 21.6 Å². The van der Waals surface area contributed by atoms with Crippen LogP contribution in [0.1, 0.15) is 12.5 Å². The van der Waals surface area contributed by atoms with Crippen LogP contribution in [-0.4, -0.2) is 29.4 Å². The summed E-state index contributed by atoms with van der Waals surface area (Å²) >= 11 is 0. The van der Waals surface area contributed by atoms with Gasteiger partial charge in [-0.05, 0) is 34.5 Å². The number of nitrogens with one attached hydrogen (secondary N) is 1. The lowest BCUT2D eigenvalue weighted by Crippen LogP contribution is -2.20. The molecule has 1 unspecified atom stereocenters. The lowest BCUT2D eigenvalue weighted by Gasteiger charge is -2.07. The van der Waals surface area contributed by atoms with Gasteiger partial charge in [0.2, 0.25) is 0 Å². The molecular weight excluding hydrogens is 270 g/mol. The first-order chi connectivity index (χ1) is 9.72. The Hall–Kier alpha value is -1.39. The van der Waals surface area contributed by atoms with E-state index in [2.05, 4.69) is 29.6 Å². The minimum absolute atomic E-state index is 0.687. The van der Waals surface area contributed by atoms with Gasteiger partial charge in [-0.2, -0.15) is 0 Å². The quantitative estimate of drug-likeness (QED) is 0.797. The van der Waals surface area contributed by atoms with Crippen molar-refractivity contribution in [2.75, 3.05) is 25.2 Å². The molecule has 1 N–H and O–H groups in total. The average molecular weight is 291 g/mol. The van der Waals surface area contributed by atoms with Crippen molar-refractivity contribution in [3.63, 3.8) is 0 Å². The molecule has 0 bridgehead atoms. The zero-order chi connectivity index (χ0) is 14.4. The zero-order valence-corrected chi connectivity index (χ0v) is 12.8. The molecule has 0 heterocycles. The third-order valence-electron chi connectivity index (χ3n) is 3.27. The van der Waals surface area contributed by atoms with Crippen LogP contribution in [0.5, 0.6) is 5.75 Å². The molecule has 0 amide bonds. The fraction of sp³-hybridized carbons (Fsp3) is 0.375. The van der Waals surface area contributed by atoms with Crippen LogP contribution in [0.3, 0.4) is 0 Å². The normalized spacial score (nSPS) is 12.5. The maximum absolute atomic E-state index is 11.3. The van der Waals surface area contributed by atoms with Gasteiger partial charge in [0.15, 0.2) is 0 Å². The molecule has 2 aromatic rings. The predicted octanol–water partition coefficient (Wildman–Crippen LogP) is 2.71. The molecular formula is C16H21NO2S. The largest absolute Gasteiger partial charge is 0.497 e. The highest BCUT2D eigenvalue weighted by molar-refractivity contribution is 7.84. The van der Waals surface area contributed by atoms with Crippen molar-refractivity contribution in [2.45, 2.75) is 13.5 Å². The van der Waals surface area contributed by atoms with Crippen LogP contribution in [0.2, 0.25) is 0 Å². The molecule has 4 heteroatoms. The van der Waals surface area contributed by atoms with E-state index >= 15 is 0 Å². The van der Waals surface area contributed by atoms with Crippen molar-refractivity contribution in [2.24, 2.45) is 0 Å². The molecule has 0 radical (unpaired) electrons. The minimum atomic E-state index is -0.687. The standard InChI is InChI=1S/C16H21NO2S/c1-3-20(18)9-8-17-12-13-4-5-15-11-16(19-2)7-6-14(15)10-13/h4-7,10-11,17H,3,8-9,12H2,1-2H3. The fourth-order valence-corrected chi connectivity index (χ4v) is 2.73. The van der Waals surface area contributed by atoms with Crippen molar-refractivity contribution in [1.29, 1.82) is 0 Å². The van der Waals surface area contributed by atoms with E-state index in [-0.39, 0.29) is 0 Å². The Balaban J connectivity index is 1.96. The molecule has 108 valence electrons. The monoisotopic (exact) mass is 291 g/mol. The number of hydrogen-bond acceptors (Lipinski definition) is 3. The zero-order valence-electron chi connectivity index (χ0n) is 12.0. The molecule has 3 nitrogen and oxygen atoms in total. The van der Waals surface area contributed by atoms with E-state index in [0.717, 1.165) is 30.3 Å². The Labute approximate surface area is 122 Å². The summed E-state index contributed by atoms with van der Waals surface area (Å²) in [6, 6.07) is 12.5. The molecule has 0 saturated heterocycles. The molecule has 2 aromatic carbocycles. The van der Waals surface area contributed by atoms with Crippen LogP contribution in [0.25, 0.3) is 10.8 Å². The van der Waals surface area contributed by atoms with E-state index in [1.165, 1.54) is 16.3 Å². The summed E-state index contributed by atoms with van der Waals surface area (Å²) in [7, 11) is 0.993. The Kier molecular flexibility index (Phi) is 5.56. The molecule has 0 aliphatic rings. The highest BCUT2D eigenvalue weighted by Crippen LogP contribution is 2.21. The summed E-state index contributed by atoms with van der Waals surface area (Å²) < 4.78 is 16.5. The van der Waals surface area contributed by atoms with E-state index in [1.54, 1.807) is 7.11 Å². The smallest absolute Gasteiger partial charge is 0.119 e. The van der Waals surface area contributed by atoms with Gasteiger partial charge in [-0.3, -0.25) is 4.21 Å². The number of benzene rings is 2. The average Bonchev–Trinajstić information content (AvgIpc) is 2.50. The third kappa shape index (κ3) is 4.05. The fourth-order valence-electron chi connectivity index (χ4n) is 2.07. The van der Waals surface area contributed by atoms with Gasteiger partial charge in [0.25, 0.3) is 0 Å². The SMILES string of the molecule is CCS(=O)CCNCc1ccc2cc(OC)ccc2c1. The van der Waals surface area contributed by atoms with Crippen LogP contribution >= 0.6 is 0 Å². The molecule has 0 saturated carbocycles. The molecule has 0 aliphatic heterocycles. The second kappa shape index (κ2) is 7.41. The summed E-state index contributed by atoms with van der Waals surface area (Å²) in [6.45, 7) is 3.55. The van der Waals surface area contributed by atoms with Gasteiger partial charge in [0.1, 0.15) is 5.75 Å².